The van der Waals surface area contributed by atoms with Gasteiger partial charge in [-0.25, -0.2) is 9.78 Å². The van der Waals surface area contributed by atoms with Gasteiger partial charge in [-0.2, -0.15) is 0 Å². The van der Waals surface area contributed by atoms with Crippen LogP contribution >= 0.6 is 0 Å². The lowest BCUT2D eigenvalue weighted by Gasteiger charge is -2.16. The number of benzene rings is 1. The van der Waals surface area contributed by atoms with Gasteiger partial charge in [0.15, 0.2) is 0 Å². The Kier molecular flexibility index (Phi) is 4.45. The van der Waals surface area contributed by atoms with Gasteiger partial charge in [-0.1, -0.05) is 6.07 Å². The number of imidazole rings is 1. The van der Waals surface area contributed by atoms with Gasteiger partial charge in [0.1, 0.15) is 17.1 Å². The van der Waals surface area contributed by atoms with Crippen LogP contribution in [0.1, 0.15) is 39.5 Å². The molecule has 0 fully saturated rings. The van der Waals surface area contributed by atoms with Gasteiger partial charge in [-0.05, 0) is 19.1 Å². The van der Waals surface area contributed by atoms with E-state index in [2.05, 4.69) is 10.3 Å². The number of nitrogens with one attached hydrogen (secondary N) is 1. The number of carboxylic acids is 1. The van der Waals surface area contributed by atoms with E-state index in [-0.39, 0.29) is 22.9 Å². The fourth-order valence-electron chi connectivity index (χ4n) is 2.24. The van der Waals surface area contributed by atoms with Gasteiger partial charge in [0.2, 0.25) is 0 Å². The summed E-state index contributed by atoms with van der Waals surface area (Å²) in [4.78, 5) is 27.8. The van der Waals surface area contributed by atoms with Crippen LogP contribution in [0.25, 0.3) is 0 Å². The van der Waals surface area contributed by atoms with Crippen molar-refractivity contribution in [2.75, 3.05) is 7.11 Å². The Labute approximate surface area is 127 Å². The number of aromatic carboxylic acids is 1. The maximum atomic E-state index is 12.4. The molecule has 0 spiro atoms. The molecular weight excluding hydrogens is 286 g/mol. The van der Waals surface area contributed by atoms with Gasteiger partial charge >= 0.3 is 5.97 Å². The van der Waals surface area contributed by atoms with E-state index in [1.165, 1.54) is 25.3 Å². The van der Waals surface area contributed by atoms with Crippen molar-refractivity contribution in [1.29, 1.82) is 0 Å². The average molecular weight is 303 g/mol. The molecule has 2 aromatic rings. The summed E-state index contributed by atoms with van der Waals surface area (Å²) >= 11 is 0. The summed E-state index contributed by atoms with van der Waals surface area (Å²) in [6, 6.07) is 4.09. The van der Waals surface area contributed by atoms with E-state index in [9.17, 15) is 9.59 Å². The summed E-state index contributed by atoms with van der Waals surface area (Å²) in [5.74, 6) is -0.833. The Morgan fingerprint density at radius 1 is 1.36 bits per heavy atom. The highest BCUT2D eigenvalue weighted by Crippen LogP contribution is 2.24. The molecule has 1 aromatic carbocycles. The Hall–Kier alpha value is -2.83. The van der Waals surface area contributed by atoms with Crippen LogP contribution in [-0.4, -0.2) is 33.6 Å². The van der Waals surface area contributed by atoms with Crippen LogP contribution in [0.2, 0.25) is 0 Å². The fourth-order valence-corrected chi connectivity index (χ4v) is 2.24. The second kappa shape index (κ2) is 6.30. The van der Waals surface area contributed by atoms with Gasteiger partial charge < -0.3 is 19.7 Å². The Morgan fingerprint density at radius 2 is 2.05 bits per heavy atom. The highest BCUT2D eigenvalue weighted by molar-refractivity contribution is 6.02. The SMILES string of the molecule is COc1c(C(=O)O)cccc1C(=O)NC(C)c1nccn1C. The van der Waals surface area contributed by atoms with E-state index in [4.69, 9.17) is 9.84 Å². The summed E-state index contributed by atoms with van der Waals surface area (Å²) in [5, 5.41) is 11.9. The van der Waals surface area contributed by atoms with Crippen LogP contribution in [0.4, 0.5) is 0 Å². The summed E-state index contributed by atoms with van der Waals surface area (Å²) < 4.78 is 6.89. The van der Waals surface area contributed by atoms with Crippen LogP contribution in [0.3, 0.4) is 0 Å². The smallest absolute Gasteiger partial charge is 0.339 e. The van der Waals surface area contributed by atoms with Crippen LogP contribution in [0.5, 0.6) is 5.75 Å². The number of methoxy groups -OCH3 is 1. The standard InChI is InChI=1S/C15H17N3O4/c1-9(13-16-7-8-18(13)2)17-14(19)10-5-4-6-11(15(20)21)12(10)22-3/h4-9H,1-3H3,(H,17,19)(H,20,21). The van der Waals surface area contributed by atoms with Gasteiger partial charge in [-0.15, -0.1) is 0 Å². The highest BCUT2D eigenvalue weighted by atomic mass is 16.5. The van der Waals surface area contributed by atoms with Gasteiger partial charge in [0.25, 0.3) is 5.91 Å². The first kappa shape index (κ1) is 15.6. The van der Waals surface area contributed by atoms with Crippen LogP contribution in [0.15, 0.2) is 30.6 Å². The predicted molar refractivity (Wildman–Crippen MR) is 79.0 cm³/mol. The number of carbonyl (C=O) groups excluding carboxylic acids is 1. The summed E-state index contributed by atoms with van der Waals surface area (Å²) in [5.41, 5.74) is 0.114. The molecule has 22 heavy (non-hydrogen) atoms. The summed E-state index contributed by atoms with van der Waals surface area (Å²) in [7, 11) is 3.16. The number of aryl methyl sites for hydroxylation is 1. The molecule has 0 bridgehead atoms. The van der Waals surface area contributed by atoms with Crippen molar-refractivity contribution in [3.05, 3.63) is 47.5 Å². The largest absolute Gasteiger partial charge is 0.495 e. The first-order valence-corrected chi connectivity index (χ1v) is 6.64. The molecular formula is C15H17N3O4. The maximum absolute atomic E-state index is 12.4. The number of amides is 1. The number of hydrogen-bond donors (Lipinski definition) is 2. The number of para-hydroxylation sites is 1. The molecule has 0 aliphatic carbocycles. The number of aromatic nitrogens is 2. The molecule has 0 saturated heterocycles. The molecule has 1 unspecified atom stereocenters. The van der Waals surface area contributed by atoms with Gasteiger partial charge in [0.05, 0.1) is 18.7 Å². The van der Waals surface area contributed by atoms with E-state index in [1.54, 1.807) is 23.9 Å². The first-order chi connectivity index (χ1) is 10.5. The molecule has 1 aromatic heterocycles. The predicted octanol–water partition coefficient (Wildman–Crippen LogP) is 1.62. The van der Waals surface area contributed by atoms with Crippen molar-refractivity contribution in [2.24, 2.45) is 7.05 Å². The van der Waals surface area contributed by atoms with Gasteiger partial charge in [0, 0.05) is 19.4 Å². The van der Waals surface area contributed by atoms with Crippen molar-refractivity contribution in [2.45, 2.75) is 13.0 Å². The lowest BCUT2D eigenvalue weighted by Crippen LogP contribution is -2.29. The third kappa shape index (κ3) is 2.93. The second-order valence-electron chi connectivity index (χ2n) is 4.78. The van der Waals surface area contributed by atoms with Crippen LogP contribution in [-0.2, 0) is 7.05 Å². The molecule has 1 amide bonds. The van der Waals surface area contributed by atoms with E-state index >= 15 is 0 Å². The van der Waals surface area contributed by atoms with E-state index < -0.39 is 11.9 Å². The number of nitrogens with zero attached hydrogens (tertiary/aromatic N) is 2. The molecule has 7 heteroatoms. The number of rotatable bonds is 5. The Bertz CT molecular complexity index is 709. The Morgan fingerprint density at radius 3 is 2.59 bits per heavy atom. The van der Waals surface area contributed by atoms with Crippen molar-refractivity contribution >= 4 is 11.9 Å². The van der Waals surface area contributed by atoms with Crippen molar-refractivity contribution < 1.29 is 19.4 Å². The zero-order valence-electron chi connectivity index (χ0n) is 12.5. The molecule has 7 nitrogen and oxygen atoms in total. The molecule has 2 N–H and O–H groups in total. The molecule has 0 aliphatic rings. The summed E-state index contributed by atoms with van der Waals surface area (Å²) in [6.45, 7) is 1.80. The number of carbonyl (C=O) groups is 2. The first-order valence-electron chi connectivity index (χ1n) is 6.64. The zero-order chi connectivity index (χ0) is 16.3. The normalized spacial score (nSPS) is 11.8. The van der Waals surface area contributed by atoms with Crippen molar-refractivity contribution in [1.82, 2.24) is 14.9 Å². The fraction of sp³-hybridized carbons (Fsp3) is 0.267. The number of ether oxygens (including phenoxy) is 1. The van der Waals surface area contributed by atoms with Gasteiger partial charge in [-0.3, -0.25) is 4.79 Å². The molecule has 1 heterocycles. The molecule has 0 aliphatic heterocycles. The van der Waals surface area contributed by atoms with E-state index in [0.29, 0.717) is 5.82 Å². The Balaban J connectivity index is 2.28. The monoisotopic (exact) mass is 303 g/mol. The van der Waals surface area contributed by atoms with Crippen LogP contribution < -0.4 is 10.1 Å². The average Bonchev–Trinajstić information content (AvgIpc) is 2.92. The molecule has 0 saturated carbocycles. The second-order valence-corrected chi connectivity index (χ2v) is 4.78. The number of hydrogen-bond acceptors (Lipinski definition) is 4. The van der Waals surface area contributed by atoms with Crippen molar-refractivity contribution in [3.63, 3.8) is 0 Å². The molecule has 116 valence electrons. The minimum atomic E-state index is -1.15. The van der Waals surface area contributed by atoms with E-state index in [0.717, 1.165) is 0 Å². The molecule has 2 rings (SSSR count). The van der Waals surface area contributed by atoms with Crippen LogP contribution in [0, 0.1) is 0 Å². The number of carboxylic acid groups (broad SMARTS) is 1. The summed E-state index contributed by atoms with van der Waals surface area (Å²) in [6.07, 6.45) is 3.42. The lowest BCUT2D eigenvalue weighted by molar-refractivity contribution is 0.0693. The minimum Gasteiger partial charge on any atom is -0.495 e. The minimum absolute atomic E-state index is 0.0412. The zero-order valence-corrected chi connectivity index (χ0v) is 12.5. The molecule has 1 atom stereocenters. The topological polar surface area (TPSA) is 93.4 Å². The molecule has 0 radical (unpaired) electrons. The highest BCUT2D eigenvalue weighted by Gasteiger charge is 2.21. The third-order valence-electron chi connectivity index (χ3n) is 3.29. The lowest BCUT2D eigenvalue weighted by atomic mass is 10.1. The van der Waals surface area contributed by atoms with E-state index in [1.807, 2.05) is 7.05 Å². The maximum Gasteiger partial charge on any atom is 0.339 e. The third-order valence-corrected chi connectivity index (χ3v) is 3.29. The quantitative estimate of drug-likeness (QED) is 0.875. The van der Waals surface area contributed by atoms with Crippen molar-refractivity contribution in [3.8, 4) is 5.75 Å².